The zero-order valence-electron chi connectivity index (χ0n) is 13.1. The number of thiophene rings is 1. The molecule has 0 aliphatic carbocycles. The van der Waals surface area contributed by atoms with Crippen LogP contribution in [-0.4, -0.2) is 66.0 Å². The van der Waals surface area contributed by atoms with Crippen LogP contribution in [0.2, 0.25) is 4.34 Å². The number of amides is 1. The normalized spacial score (nSPS) is 16.9. The molecule has 0 radical (unpaired) electrons. The number of hydrogen-bond donors (Lipinski definition) is 1. The lowest BCUT2D eigenvalue weighted by Crippen LogP contribution is -2.50. The van der Waals surface area contributed by atoms with Crippen molar-refractivity contribution in [1.29, 1.82) is 0 Å². The van der Waals surface area contributed by atoms with E-state index in [-0.39, 0.29) is 30.8 Å². The molecule has 1 aliphatic heterocycles. The molecule has 0 spiro atoms. The van der Waals surface area contributed by atoms with Crippen molar-refractivity contribution in [2.24, 2.45) is 0 Å². The molecule has 10 heteroatoms. The summed E-state index contributed by atoms with van der Waals surface area (Å²) in [6, 6.07) is 2.85. The summed E-state index contributed by atoms with van der Waals surface area (Å²) < 4.78 is 25.7. The smallest absolute Gasteiger partial charge is 0.323 e. The van der Waals surface area contributed by atoms with Gasteiger partial charge in [0.25, 0.3) is 5.91 Å². The van der Waals surface area contributed by atoms with Crippen molar-refractivity contribution in [3.63, 3.8) is 0 Å². The second-order valence-electron chi connectivity index (χ2n) is 5.46. The molecule has 134 valence electrons. The SMILES string of the molecule is CCS(=O)(=O)N1CCC(N(CC(=O)O)C(=O)c2ccc(Cl)s2)CC1. The van der Waals surface area contributed by atoms with E-state index in [2.05, 4.69) is 0 Å². The van der Waals surface area contributed by atoms with Gasteiger partial charge in [0.2, 0.25) is 10.0 Å². The molecule has 7 nitrogen and oxygen atoms in total. The fraction of sp³-hybridized carbons (Fsp3) is 0.571. The summed E-state index contributed by atoms with van der Waals surface area (Å²) in [6.07, 6.45) is 0.828. The van der Waals surface area contributed by atoms with Crippen LogP contribution in [0.25, 0.3) is 0 Å². The lowest BCUT2D eigenvalue weighted by molar-refractivity contribution is -0.138. The summed E-state index contributed by atoms with van der Waals surface area (Å²) in [5.74, 6) is -1.45. The Hall–Kier alpha value is -1.16. The van der Waals surface area contributed by atoms with Gasteiger partial charge in [0.15, 0.2) is 0 Å². The van der Waals surface area contributed by atoms with Crippen LogP contribution >= 0.6 is 22.9 Å². The van der Waals surface area contributed by atoms with Gasteiger partial charge in [-0.05, 0) is 31.9 Å². The highest BCUT2D eigenvalue weighted by Crippen LogP contribution is 2.26. The summed E-state index contributed by atoms with van der Waals surface area (Å²) in [5, 5.41) is 9.11. The Morgan fingerprint density at radius 2 is 2.00 bits per heavy atom. The van der Waals surface area contributed by atoms with Gasteiger partial charge in [0, 0.05) is 19.1 Å². The third-order valence-electron chi connectivity index (χ3n) is 3.97. The average Bonchev–Trinajstić information content (AvgIpc) is 2.98. The molecule has 1 aliphatic rings. The van der Waals surface area contributed by atoms with Crippen LogP contribution in [-0.2, 0) is 14.8 Å². The van der Waals surface area contributed by atoms with Crippen LogP contribution in [0.1, 0.15) is 29.4 Å². The minimum Gasteiger partial charge on any atom is -0.480 e. The number of sulfonamides is 1. The molecule has 1 saturated heterocycles. The van der Waals surface area contributed by atoms with Crippen LogP contribution in [0, 0.1) is 0 Å². The van der Waals surface area contributed by atoms with Crippen LogP contribution in [0.5, 0.6) is 0 Å². The molecule has 0 aromatic carbocycles. The molecule has 0 bridgehead atoms. The molecule has 1 fully saturated rings. The summed E-state index contributed by atoms with van der Waals surface area (Å²) >= 11 is 6.94. The quantitative estimate of drug-likeness (QED) is 0.792. The molecular weight excluding hydrogens is 376 g/mol. The second kappa shape index (κ2) is 7.81. The van der Waals surface area contributed by atoms with Crippen molar-refractivity contribution in [2.45, 2.75) is 25.8 Å². The number of aliphatic carboxylic acids is 1. The standard InChI is InChI=1S/C14H19ClN2O5S2/c1-2-24(21,22)16-7-5-10(6-8-16)17(9-13(18)19)14(20)11-3-4-12(15)23-11/h3-4,10H,2,5-9H2,1H3,(H,18,19). The van der Waals surface area contributed by atoms with E-state index in [1.807, 2.05) is 0 Å². The number of carboxylic acid groups (broad SMARTS) is 1. The average molecular weight is 395 g/mol. The first-order valence-corrected chi connectivity index (χ1v) is 10.3. The molecule has 2 rings (SSSR count). The van der Waals surface area contributed by atoms with Gasteiger partial charge in [-0.3, -0.25) is 9.59 Å². The number of rotatable bonds is 6. The second-order valence-corrected chi connectivity index (χ2v) is 9.43. The van der Waals surface area contributed by atoms with Crippen molar-refractivity contribution < 1.29 is 23.1 Å². The van der Waals surface area contributed by atoms with Gasteiger partial charge >= 0.3 is 5.97 Å². The Kier molecular flexibility index (Phi) is 6.24. The number of carbonyl (C=O) groups excluding carboxylic acids is 1. The highest BCUT2D eigenvalue weighted by atomic mass is 35.5. The first-order chi connectivity index (χ1) is 11.2. The first-order valence-electron chi connectivity index (χ1n) is 7.50. The molecule has 0 unspecified atom stereocenters. The number of piperidine rings is 1. The topological polar surface area (TPSA) is 95.0 Å². The lowest BCUT2D eigenvalue weighted by Gasteiger charge is -2.37. The number of hydrogen-bond acceptors (Lipinski definition) is 5. The molecular formula is C14H19ClN2O5S2. The molecule has 2 heterocycles. The minimum atomic E-state index is -3.26. The maximum atomic E-state index is 12.6. The van der Waals surface area contributed by atoms with Crippen LogP contribution in [0.15, 0.2) is 12.1 Å². The van der Waals surface area contributed by atoms with Gasteiger partial charge in [0.05, 0.1) is 15.0 Å². The zero-order chi connectivity index (χ0) is 17.9. The number of halogens is 1. The van der Waals surface area contributed by atoms with Gasteiger partial charge in [-0.1, -0.05) is 11.6 Å². The van der Waals surface area contributed by atoms with Gasteiger partial charge in [-0.2, -0.15) is 0 Å². The Labute approximate surface area is 149 Å². The van der Waals surface area contributed by atoms with Gasteiger partial charge in [0.1, 0.15) is 6.54 Å². The predicted octanol–water partition coefficient (Wildman–Crippen LogP) is 1.74. The molecule has 1 aromatic heterocycles. The predicted molar refractivity (Wildman–Crippen MR) is 92.1 cm³/mol. The Balaban J connectivity index is 2.12. The van der Waals surface area contributed by atoms with E-state index < -0.39 is 22.5 Å². The molecule has 0 saturated carbocycles. The summed E-state index contributed by atoms with van der Waals surface area (Å²) in [6.45, 7) is 1.74. The Morgan fingerprint density at radius 1 is 1.38 bits per heavy atom. The minimum absolute atomic E-state index is 0.0309. The number of carbonyl (C=O) groups is 2. The first kappa shape index (κ1) is 19.2. The van der Waals surface area contributed by atoms with E-state index in [1.165, 1.54) is 9.21 Å². The molecule has 1 amide bonds. The van der Waals surface area contributed by atoms with Crippen molar-refractivity contribution >= 4 is 44.8 Å². The lowest BCUT2D eigenvalue weighted by atomic mass is 10.0. The van der Waals surface area contributed by atoms with E-state index in [4.69, 9.17) is 16.7 Å². The summed E-state index contributed by atoms with van der Waals surface area (Å²) in [7, 11) is -3.26. The highest BCUT2D eigenvalue weighted by molar-refractivity contribution is 7.89. The van der Waals surface area contributed by atoms with Gasteiger partial charge in [-0.25, -0.2) is 12.7 Å². The third kappa shape index (κ3) is 4.47. The van der Waals surface area contributed by atoms with Gasteiger partial charge in [-0.15, -0.1) is 11.3 Å². The largest absolute Gasteiger partial charge is 0.480 e. The van der Waals surface area contributed by atoms with Crippen molar-refractivity contribution in [2.75, 3.05) is 25.4 Å². The van der Waals surface area contributed by atoms with Gasteiger partial charge < -0.3 is 10.0 Å². The van der Waals surface area contributed by atoms with Crippen LogP contribution < -0.4 is 0 Å². The highest BCUT2D eigenvalue weighted by Gasteiger charge is 2.33. The Morgan fingerprint density at radius 3 is 2.46 bits per heavy atom. The maximum absolute atomic E-state index is 12.6. The van der Waals surface area contributed by atoms with Crippen LogP contribution in [0.3, 0.4) is 0 Å². The zero-order valence-corrected chi connectivity index (χ0v) is 15.5. The molecule has 24 heavy (non-hydrogen) atoms. The van der Waals surface area contributed by atoms with E-state index in [9.17, 15) is 18.0 Å². The van der Waals surface area contributed by atoms with E-state index in [1.54, 1.807) is 19.1 Å². The summed E-state index contributed by atoms with van der Waals surface area (Å²) in [5.41, 5.74) is 0. The van der Waals surface area contributed by atoms with Crippen LogP contribution in [0.4, 0.5) is 0 Å². The van der Waals surface area contributed by atoms with E-state index in [0.29, 0.717) is 22.1 Å². The molecule has 1 aromatic rings. The molecule has 0 atom stereocenters. The molecule has 1 N–H and O–H groups in total. The third-order valence-corrected chi connectivity index (χ3v) is 7.07. The summed E-state index contributed by atoms with van der Waals surface area (Å²) in [4.78, 5) is 25.4. The Bertz CT molecular complexity index is 711. The van der Waals surface area contributed by atoms with Crippen molar-refractivity contribution in [3.05, 3.63) is 21.3 Å². The monoisotopic (exact) mass is 394 g/mol. The maximum Gasteiger partial charge on any atom is 0.323 e. The number of carboxylic acids is 1. The van der Waals surface area contributed by atoms with Crippen molar-refractivity contribution in [3.8, 4) is 0 Å². The van der Waals surface area contributed by atoms with E-state index >= 15 is 0 Å². The van der Waals surface area contributed by atoms with Crippen molar-refractivity contribution in [1.82, 2.24) is 9.21 Å². The van der Waals surface area contributed by atoms with E-state index in [0.717, 1.165) is 11.3 Å². The number of nitrogens with zero attached hydrogens (tertiary/aromatic N) is 2. The fourth-order valence-electron chi connectivity index (χ4n) is 2.70. The fourth-order valence-corrected chi connectivity index (χ4v) is 4.83.